The van der Waals surface area contributed by atoms with E-state index in [1.54, 1.807) is 6.33 Å². The predicted molar refractivity (Wildman–Crippen MR) is 141 cm³/mol. The van der Waals surface area contributed by atoms with Crippen molar-refractivity contribution < 1.29 is 4.74 Å². The molecular formula is C26H35N9O. The molecule has 0 bridgehead atoms. The second kappa shape index (κ2) is 11.2. The Labute approximate surface area is 212 Å². The quantitative estimate of drug-likeness (QED) is 0.364. The summed E-state index contributed by atoms with van der Waals surface area (Å²) in [5.74, 6) is 1.88. The average molecular weight is 490 g/mol. The van der Waals surface area contributed by atoms with Crippen LogP contribution in [0.5, 0.6) is 0 Å². The van der Waals surface area contributed by atoms with E-state index in [9.17, 15) is 0 Å². The van der Waals surface area contributed by atoms with Gasteiger partial charge in [0.1, 0.15) is 6.33 Å². The first-order valence-electron chi connectivity index (χ1n) is 12.7. The number of nitrogens with one attached hydrogen (secondary N) is 1. The number of rotatable bonds is 10. The van der Waals surface area contributed by atoms with Crippen molar-refractivity contribution in [1.29, 1.82) is 0 Å². The maximum Gasteiger partial charge on any atom is 0.240 e. The van der Waals surface area contributed by atoms with Crippen LogP contribution in [-0.4, -0.2) is 98.8 Å². The van der Waals surface area contributed by atoms with E-state index in [0.29, 0.717) is 30.9 Å². The number of imidazole rings is 1. The molecule has 4 aromatic rings. The summed E-state index contributed by atoms with van der Waals surface area (Å²) in [6.45, 7) is 12.2. The zero-order chi connectivity index (χ0) is 24.9. The Morgan fingerprint density at radius 1 is 1.00 bits per heavy atom. The number of ether oxygens (including phenoxy) is 1. The van der Waals surface area contributed by atoms with Gasteiger partial charge in [0.25, 0.3) is 0 Å². The van der Waals surface area contributed by atoms with Crippen LogP contribution in [-0.2, 0) is 11.3 Å². The molecule has 1 fully saturated rings. The number of morpholine rings is 1. The largest absolute Gasteiger partial charge is 0.378 e. The lowest BCUT2D eigenvalue weighted by Gasteiger charge is -2.27. The van der Waals surface area contributed by atoms with Crippen LogP contribution in [0.2, 0.25) is 0 Å². The summed E-state index contributed by atoms with van der Waals surface area (Å²) in [4.78, 5) is 29.4. The fourth-order valence-corrected chi connectivity index (χ4v) is 4.54. The molecule has 36 heavy (non-hydrogen) atoms. The molecule has 1 aliphatic heterocycles. The highest BCUT2D eigenvalue weighted by Crippen LogP contribution is 2.27. The standard InChI is InChI=1S/C26H35N9O/c1-4-33(5-2)12-11-32(3)17-20-18-35(19-28-20)26-30-24(22-7-6-8-23-21(22)9-10-27-23)29-25(31-26)34-13-15-36-16-14-34/h6-10,18-19,27H,4-5,11-17H2,1-3H3. The molecule has 1 aliphatic rings. The minimum atomic E-state index is 0.568. The summed E-state index contributed by atoms with van der Waals surface area (Å²) in [6.07, 6.45) is 5.76. The van der Waals surface area contributed by atoms with E-state index in [0.717, 1.165) is 68.0 Å². The van der Waals surface area contributed by atoms with Gasteiger partial charge >= 0.3 is 0 Å². The average Bonchev–Trinajstić information content (AvgIpc) is 3.59. The van der Waals surface area contributed by atoms with Crippen molar-refractivity contribution in [3.8, 4) is 17.3 Å². The van der Waals surface area contributed by atoms with Crippen LogP contribution in [0.4, 0.5) is 5.95 Å². The highest BCUT2D eigenvalue weighted by Gasteiger charge is 2.19. The fourth-order valence-electron chi connectivity index (χ4n) is 4.54. The Bertz CT molecular complexity index is 1270. The number of likely N-dealkylation sites (N-methyl/N-ethyl adjacent to an activating group) is 2. The Balaban J connectivity index is 1.43. The highest BCUT2D eigenvalue weighted by atomic mass is 16.5. The Morgan fingerprint density at radius 2 is 1.81 bits per heavy atom. The molecule has 190 valence electrons. The summed E-state index contributed by atoms with van der Waals surface area (Å²) in [7, 11) is 2.14. The first kappa shape index (κ1) is 24.4. The van der Waals surface area contributed by atoms with E-state index in [2.05, 4.69) is 63.8 Å². The molecule has 5 rings (SSSR count). The molecule has 10 nitrogen and oxygen atoms in total. The molecule has 0 radical (unpaired) electrons. The van der Waals surface area contributed by atoms with Gasteiger partial charge < -0.3 is 19.5 Å². The van der Waals surface area contributed by atoms with Crippen LogP contribution < -0.4 is 4.90 Å². The summed E-state index contributed by atoms with van der Waals surface area (Å²) < 4.78 is 7.45. The van der Waals surface area contributed by atoms with Gasteiger partial charge in [0.15, 0.2) is 5.82 Å². The number of aromatic nitrogens is 6. The van der Waals surface area contributed by atoms with Gasteiger partial charge in [-0.15, -0.1) is 0 Å². The van der Waals surface area contributed by atoms with Crippen LogP contribution in [0.25, 0.3) is 28.2 Å². The molecule has 10 heteroatoms. The lowest BCUT2D eigenvalue weighted by Crippen LogP contribution is -2.37. The second-order valence-electron chi connectivity index (χ2n) is 9.14. The van der Waals surface area contributed by atoms with E-state index < -0.39 is 0 Å². The molecule has 0 unspecified atom stereocenters. The molecule has 1 N–H and O–H groups in total. The minimum Gasteiger partial charge on any atom is -0.378 e. The van der Waals surface area contributed by atoms with Crippen molar-refractivity contribution in [3.63, 3.8) is 0 Å². The van der Waals surface area contributed by atoms with Gasteiger partial charge in [-0.25, -0.2) is 4.98 Å². The summed E-state index contributed by atoms with van der Waals surface area (Å²) >= 11 is 0. The van der Waals surface area contributed by atoms with Crippen molar-refractivity contribution in [2.24, 2.45) is 0 Å². The fraction of sp³-hybridized carbons (Fsp3) is 0.462. The summed E-state index contributed by atoms with van der Waals surface area (Å²) in [5.41, 5.74) is 3.02. The Hall–Kier alpha value is -3.34. The van der Waals surface area contributed by atoms with Crippen LogP contribution in [0, 0.1) is 0 Å². The van der Waals surface area contributed by atoms with Gasteiger partial charge in [0, 0.05) is 61.6 Å². The molecule has 0 spiro atoms. The number of nitrogens with zero attached hydrogens (tertiary/aromatic N) is 8. The Morgan fingerprint density at radius 3 is 2.61 bits per heavy atom. The lowest BCUT2D eigenvalue weighted by atomic mass is 10.1. The summed E-state index contributed by atoms with van der Waals surface area (Å²) in [6, 6.07) is 8.20. The van der Waals surface area contributed by atoms with E-state index in [1.165, 1.54) is 0 Å². The van der Waals surface area contributed by atoms with Gasteiger partial charge in [-0.1, -0.05) is 26.0 Å². The number of H-pyrrole nitrogens is 1. The third-order valence-corrected chi connectivity index (χ3v) is 6.73. The number of aromatic amines is 1. The predicted octanol–water partition coefficient (Wildman–Crippen LogP) is 2.82. The number of benzene rings is 1. The molecule has 1 saturated heterocycles. The van der Waals surface area contributed by atoms with Gasteiger partial charge in [0.05, 0.1) is 18.9 Å². The first-order valence-corrected chi connectivity index (χ1v) is 12.7. The molecular weight excluding hydrogens is 454 g/mol. The molecule has 0 atom stereocenters. The van der Waals surface area contributed by atoms with E-state index in [1.807, 2.05) is 23.0 Å². The SMILES string of the molecule is CCN(CC)CCN(C)Cc1cn(-c2nc(-c3cccc4[nH]ccc34)nc(N3CCOCC3)n2)cn1. The highest BCUT2D eigenvalue weighted by molar-refractivity contribution is 5.93. The normalized spacial score (nSPS) is 14.4. The van der Waals surface area contributed by atoms with Crippen LogP contribution >= 0.6 is 0 Å². The second-order valence-corrected chi connectivity index (χ2v) is 9.14. The molecule has 3 aromatic heterocycles. The third kappa shape index (κ3) is 5.40. The molecule has 4 heterocycles. The van der Waals surface area contributed by atoms with Crippen molar-refractivity contribution in [1.82, 2.24) is 39.3 Å². The topological polar surface area (TPSA) is 91.2 Å². The van der Waals surface area contributed by atoms with Gasteiger partial charge in [-0.2, -0.15) is 15.0 Å². The number of fused-ring (bicyclic) bond motifs is 1. The molecule has 0 aliphatic carbocycles. The monoisotopic (exact) mass is 489 g/mol. The minimum absolute atomic E-state index is 0.568. The molecule has 0 saturated carbocycles. The zero-order valence-corrected chi connectivity index (χ0v) is 21.4. The van der Waals surface area contributed by atoms with E-state index >= 15 is 0 Å². The first-order chi connectivity index (χ1) is 17.6. The van der Waals surface area contributed by atoms with Crippen LogP contribution in [0.3, 0.4) is 0 Å². The molecule has 1 aromatic carbocycles. The van der Waals surface area contributed by atoms with E-state index in [-0.39, 0.29) is 0 Å². The maximum atomic E-state index is 5.55. The van der Waals surface area contributed by atoms with Crippen LogP contribution in [0.1, 0.15) is 19.5 Å². The van der Waals surface area contributed by atoms with Crippen LogP contribution in [0.15, 0.2) is 43.0 Å². The van der Waals surface area contributed by atoms with Gasteiger partial charge in [-0.3, -0.25) is 9.47 Å². The van der Waals surface area contributed by atoms with Crippen molar-refractivity contribution >= 4 is 16.9 Å². The zero-order valence-electron chi connectivity index (χ0n) is 21.4. The third-order valence-electron chi connectivity index (χ3n) is 6.73. The number of anilines is 1. The number of hydrogen-bond donors (Lipinski definition) is 1. The van der Waals surface area contributed by atoms with E-state index in [4.69, 9.17) is 19.7 Å². The number of hydrogen-bond acceptors (Lipinski definition) is 8. The Kier molecular flexibility index (Phi) is 7.55. The maximum absolute atomic E-state index is 5.55. The van der Waals surface area contributed by atoms with Crippen molar-refractivity contribution in [2.75, 3.05) is 64.4 Å². The van der Waals surface area contributed by atoms with Gasteiger partial charge in [-0.05, 0) is 32.3 Å². The van der Waals surface area contributed by atoms with Crippen molar-refractivity contribution in [2.45, 2.75) is 20.4 Å². The lowest BCUT2D eigenvalue weighted by molar-refractivity contribution is 0.122. The van der Waals surface area contributed by atoms with Gasteiger partial charge in [0.2, 0.25) is 11.9 Å². The molecule has 0 amide bonds. The summed E-state index contributed by atoms with van der Waals surface area (Å²) in [5, 5.41) is 1.09. The smallest absolute Gasteiger partial charge is 0.240 e. The van der Waals surface area contributed by atoms with Crippen molar-refractivity contribution in [3.05, 3.63) is 48.7 Å².